The number of nitrogens with zero attached hydrogens (tertiary/aromatic N) is 2. The Bertz CT molecular complexity index is 770. The molecule has 136 valence electrons. The van der Waals surface area contributed by atoms with Gasteiger partial charge < -0.3 is 10.2 Å². The average molecular weight is 364 g/mol. The number of rotatable bonds is 5. The summed E-state index contributed by atoms with van der Waals surface area (Å²) in [5, 5.41) is 2.88. The predicted molar refractivity (Wildman–Crippen MR) is 96.1 cm³/mol. The molecule has 0 aliphatic carbocycles. The summed E-state index contributed by atoms with van der Waals surface area (Å²) in [7, 11) is -3.58. The zero-order valence-electron chi connectivity index (χ0n) is 14.4. The molecule has 1 amide bonds. The molecule has 7 nitrogen and oxygen atoms in total. The summed E-state index contributed by atoms with van der Waals surface area (Å²) in [5.74, 6) is 0.0300. The van der Waals surface area contributed by atoms with E-state index < -0.39 is 16.1 Å². The Hall–Kier alpha value is -1.93. The van der Waals surface area contributed by atoms with E-state index in [2.05, 4.69) is 19.9 Å². The summed E-state index contributed by atoms with van der Waals surface area (Å²) in [4.78, 5) is 19.1. The summed E-state index contributed by atoms with van der Waals surface area (Å²) < 4.78 is 26.6. The van der Waals surface area contributed by atoms with E-state index in [0.717, 1.165) is 19.6 Å². The van der Waals surface area contributed by atoms with Crippen LogP contribution < -0.4 is 10.0 Å². The Morgan fingerprint density at radius 2 is 2.00 bits per heavy atom. The van der Waals surface area contributed by atoms with Crippen LogP contribution in [0.2, 0.25) is 0 Å². The zero-order chi connectivity index (χ0) is 17.9. The van der Waals surface area contributed by atoms with Crippen molar-refractivity contribution in [3.05, 3.63) is 29.8 Å². The van der Waals surface area contributed by atoms with E-state index in [9.17, 15) is 13.2 Å². The van der Waals surface area contributed by atoms with Crippen molar-refractivity contribution >= 4 is 21.8 Å². The zero-order valence-corrected chi connectivity index (χ0v) is 15.2. The van der Waals surface area contributed by atoms with Gasteiger partial charge in [0, 0.05) is 18.7 Å². The molecule has 0 unspecified atom stereocenters. The van der Waals surface area contributed by atoms with Crippen LogP contribution in [0.3, 0.4) is 0 Å². The topological polar surface area (TPSA) is 90.9 Å². The average Bonchev–Trinajstić information content (AvgIpc) is 2.86. The Balaban J connectivity index is 1.59. The van der Waals surface area contributed by atoms with Gasteiger partial charge in [0.05, 0.1) is 4.90 Å². The van der Waals surface area contributed by atoms with Gasteiger partial charge in [-0.3, -0.25) is 14.5 Å². The third-order valence-corrected chi connectivity index (χ3v) is 5.94. The molecule has 2 aliphatic rings. The van der Waals surface area contributed by atoms with Crippen molar-refractivity contribution < 1.29 is 13.2 Å². The highest BCUT2D eigenvalue weighted by Gasteiger charge is 2.31. The van der Waals surface area contributed by atoms with Crippen LogP contribution in [-0.2, 0) is 14.8 Å². The molecule has 1 aromatic carbocycles. The molecule has 25 heavy (non-hydrogen) atoms. The van der Waals surface area contributed by atoms with E-state index in [-0.39, 0.29) is 16.6 Å². The van der Waals surface area contributed by atoms with Crippen LogP contribution in [-0.4, -0.2) is 57.3 Å². The fourth-order valence-electron chi connectivity index (χ4n) is 3.15. The number of nitrogens with one attached hydrogen (secondary N) is 2. The molecule has 2 aliphatic heterocycles. The standard InChI is InChI=1S/C17H24N4O3S/c1-13(17(22)18-9-12-21-10-5-2-6-11-21)19-16-14-7-3-4-8-15(14)25(23,24)20-16/h3-4,7-8,13H,2,5-6,9-12H2,1H3,(H,18,22)(H,19,20)/t13-/m0/s1. The minimum Gasteiger partial charge on any atom is -0.353 e. The van der Waals surface area contributed by atoms with Gasteiger partial charge in [-0.2, -0.15) is 0 Å². The Kier molecular flexibility index (Phi) is 5.39. The lowest BCUT2D eigenvalue weighted by molar-refractivity contribution is -0.121. The van der Waals surface area contributed by atoms with Crippen LogP contribution >= 0.6 is 0 Å². The van der Waals surface area contributed by atoms with Crippen LogP contribution in [0.5, 0.6) is 0 Å². The maximum absolute atomic E-state index is 12.2. The number of likely N-dealkylation sites (tertiary alicyclic amines) is 1. The van der Waals surface area contributed by atoms with Crippen molar-refractivity contribution in [1.82, 2.24) is 14.9 Å². The number of aliphatic imine (C=N–C) groups is 1. The minimum atomic E-state index is -3.58. The van der Waals surface area contributed by atoms with Gasteiger partial charge in [-0.15, -0.1) is 0 Å². The number of amidine groups is 1. The Morgan fingerprint density at radius 1 is 1.28 bits per heavy atom. The SMILES string of the molecule is C[C@H](N=C1NS(=O)(=O)c2ccccc21)C(=O)NCCN1CCCCC1. The van der Waals surface area contributed by atoms with Crippen molar-refractivity contribution in [2.75, 3.05) is 26.2 Å². The first-order chi connectivity index (χ1) is 12.0. The molecule has 0 saturated carbocycles. The molecular weight excluding hydrogens is 340 g/mol. The van der Waals surface area contributed by atoms with Gasteiger partial charge >= 0.3 is 0 Å². The number of piperidine rings is 1. The summed E-state index contributed by atoms with van der Waals surface area (Å²) in [6, 6.07) is 5.97. The number of fused-ring (bicyclic) bond motifs is 1. The third-order valence-electron chi connectivity index (χ3n) is 4.54. The molecule has 1 fully saturated rings. The second-order valence-electron chi connectivity index (χ2n) is 6.45. The van der Waals surface area contributed by atoms with Crippen molar-refractivity contribution in [2.24, 2.45) is 4.99 Å². The van der Waals surface area contributed by atoms with Crippen molar-refractivity contribution in [3.63, 3.8) is 0 Å². The fourth-order valence-corrected chi connectivity index (χ4v) is 4.39. The fraction of sp³-hybridized carbons (Fsp3) is 0.529. The van der Waals surface area contributed by atoms with Crippen molar-refractivity contribution in [2.45, 2.75) is 37.1 Å². The van der Waals surface area contributed by atoms with Gasteiger partial charge in [0.25, 0.3) is 10.0 Å². The van der Waals surface area contributed by atoms with Crippen LogP contribution in [0, 0.1) is 0 Å². The maximum Gasteiger partial charge on any atom is 0.263 e. The largest absolute Gasteiger partial charge is 0.353 e. The molecule has 0 aromatic heterocycles. The van der Waals surface area contributed by atoms with Gasteiger partial charge in [-0.1, -0.05) is 18.6 Å². The lowest BCUT2D eigenvalue weighted by Crippen LogP contribution is -2.40. The highest BCUT2D eigenvalue weighted by Crippen LogP contribution is 2.22. The number of hydrogen-bond donors (Lipinski definition) is 2. The molecule has 3 rings (SSSR count). The lowest BCUT2D eigenvalue weighted by atomic mass is 10.1. The number of carbonyl (C=O) groups excluding carboxylic acids is 1. The molecule has 2 heterocycles. The predicted octanol–water partition coefficient (Wildman–Crippen LogP) is 0.716. The molecule has 0 radical (unpaired) electrons. The molecule has 0 bridgehead atoms. The van der Waals surface area contributed by atoms with E-state index >= 15 is 0 Å². The van der Waals surface area contributed by atoms with Crippen LogP contribution in [0.4, 0.5) is 0 Å². The molecule has 1 atom stereocenters. The normalized spacial score (nSPS) is 22.2. The van der Waals surface area contributed by atoms with Crippen molar-refractivity contribution in [3.8, 4) is 0 Å². The summed E-state index contributed by atoms with van der Waals surface area (Å²) in [6.07, 6.45) is 3.73. The van der Waals surface area contributed by atoms with Gasteiger partial charge in [0.2, 0.25) is 5.91 Å². The third kappa shape index (κ3) is 4.19. The quantitative estimate of drug-likeness (QED) is 0.805. The molecule has 1 saturated heterocycles. The van der Waals surface area contributed by atoms with E-state index in [1.165, 1.54) is 25.3 Å². The van der Waals surface area contributed by atoms with Crippen LogP contribution in [0.15, 0.2) is 34.2 Å². The first kappa shape index (κ1) is 17.9. The Labute approximate surface area is 148 Å². The van der Waals surface area contributed by atoms with E-state index in [1.807, 2.05) is 0 Å². The number of benzene rings is 1. The summed E-state index contributed by atoms with van der Waals surface area (Å²) in [5.41, 5.74) is 0.510. The van der Waals surface area contributed by atoms with Gasteiger partial charge in [-0.05, 0) is 45.0 Å². The van der Waals surface area contributed by atoms with Gasteiger partial charge in [0.1, 0.15) is 11.9 Å². The monoisotopic (exact) mass is 364 g/mol. The molecular formula is C17H24N4O3S. The van der Waals surface area contributed by atoms with Crippen LogP contribution in [0.25, 0.3) is 0 Å². The number of amides is 1. The first-order valence-electron chi connectivity index (χ1n) is 8.67. The number of carbonyl (C=O) groups is 1. The molecule has 0 spiro atoms. The highest BCUT2D eigenvalue weighted by atomic mass is 32.2. The summed E-state index contributed by atoms with van der Waals surface area (Å²) >= 11 is 0. The van der Waals surface area contributed by atoms with E-state index in [4.69, 9.17) is 0 Å². The first-order valence-corrected chi connectivity index (χ1v) is 10.2. The molecule has 8 heteroatoms. The van der Waals surface area contributed by atoms with Gasteiger partial charge in [-0.25, -0.2) is 8.42 Å². The lowest BCUT2D eigenvalue weighted by Gasteiger charge is -2.26. The summed E-state index contributed by atoms with van der Waals surface area (Å²) in [6.45, 7) is 5.26. The van der Waals surface area contributed by atoms with Crippen molar-refractivity contribution in [1.29, 1.82) is 0 Å². The second-order valence-corrected chi connectivity index (χ2v) is 8.10. The van der Waals surface area contributed by atoms with Crippen LogP contribution in [0.1, 0.15) is 31.7 Å². The number of sulfonamides is 1. The molecule has 2 N–H and O–H groups in total. The highest BCUT2D eigenvalue weighted by molar-refractivity contribution is 7.90. The smallest absolute Gasteiger partial charge is 0.263 e. The van der Waals surface area contributed by atoms with E-state index in [0.29, 0.717) is 12.1 Å². The number of hydrogen-bond acceptors (Lipinski definition) is 5. The van der Waals surface area contributed by atoms with E-state index in [1.54, 1.807) is 25.1 Å². The second kappa shape index (κ2) is 7.53. The molecule has 1 aromatic rings. The Morgan fingerprint density at radius 3 is 2.76 bits per heavy atom. The maximum atomic E-state index is 12.2. The minimum absolute atomic E-state index is 0.200. The van der Waals surface area contributed by atoms with Gasteiger partial charge in [0.15, 0.2) is 0 Å².